The van der Waals surface area contributed by atoms with Crippen molar-refractivity contribution in [1.82, 2.24) is 14.9 Å². The Morgan fingerprint density at radius 1 is 0.853 bits per heavy atom. The van der Waals surface area contributed by atoms with Gasteiger partial charge >= 0.3 is 0 Å². The normalized spacial score (nSPS) is 15.2. The summed E-state index contributed by atoms with van der Waals surface area (Å²) in [5, 5.41) is 2.49. The summed E-state index contributed by atoms with van der Waals surface area (Å²) >= 11 is 9.33. The molecule has 170 valence electrons. The van der Waals surface area contributed by atoms with Gasteiger partial charge in [0.05, 0.1) is 20.4 Å². The van der Waals surface area contributed by atoms with Gasteiger partial charge in [-0.2, -0.15) is 0 Å². The molecule has 0 N–H and O–H groups in total. The largest absolute Gasteiger partial charge is 0.369 e. The maximum atomic E-state index is 6.02. The molecule has 5 aromatic rings. The lowest BCUT2D eigenvalue weighted by Gasteiger charge is -2.34. The van der Waals surface area contributed by atoms with Crippen LogP contribution in [0.3, 0.4) is 0 Å². The molecule has 5 nitrogen and oxygen atoms in total. The number of hydrogen-bond donors (Lipinski definition) is 0. The Bertz CT molecular complexity index is 1500. The summed E-state index contributed by atoms with van der Waals surface area (Å²) in [6, 6.07) is 20.6. The first-order valence-corrected chi connectivity index (χ1v) is 13.2. The minimum atomic E-state index is 0.730. The van der Waals surface area contributed by atoms with E-state index in [0.717, 1.165) is 68.2 Å². The fourth-order valence-electron chi connectivity index (χ4n) is 4.09. The highest BCUT2D eigenvalue weighted by atomic mass is 35.5. The molecule has 0 bridgehead atoms. The van der Waals surface area contributed by atoms with Gasteiger partial charge in [0.25, 0.3) is 0 Å². The number of hydrogen-bond acceptors (Lipinski definition) is 7. The van der Waals surface area contributed by atoms with E-state index < -0.39 is 0 Å². The molecule has 0 radical (unpaired) electrons. The summed E-state index contributed by atoms with van der Waals surface area (Å²) in [6.07, 6.45) is 1.87. The van der Waals surface area contributed by atoms with E-state index in [-0.39, 0.29) is 0 Å². The van der Waals surface area contributed by atoms with Crippen molar-refractivity contribution in [3.05, 3.63) is 71.2 Å². The van der Waals surface area contributed by atoms with Crippen molar-refractivity contribution in [2.75, 3.05) is 38.1 Å². The maximum Gasteiger partial charge on any atom is 0.210 e. The lowest BCUT2D eigenvalue weighted by molar-refractivity contribution is 0.313. The minimum absolute atomic E-state index is 0.730. The molecule has 1 fully saturated rings. The zero-order valence-corrected chi connectivity index (χ0v) is 21.0. The first-order chi connectivity index (χ1) is 16.6. The monoisotopic (exact) mass is 503 g/mol. The zero-order chi connectivity index (χ0) is 23.1. The first kappa shape index (κ1) is 21.7. The Hall–Kier alpha value is -2.84. The van der Waals surface area contributed by atoms with Crippen molar-refractivity contribution in [2.24, 2.45) is 4.99 Å². The van der Waals surface area contributed by atoms with Gasteiger partial charge in [0.2, 0.25) is 5.13 Å². The van der Waals surface area contributed by atoms with E-state index in [1.54, 1.807) is 22.7 Å². The molecule has 0 amide bonds. The van der Waals surface area contributed by atoms with Crippen LogP contribution < -0.4 is 4.90 Å². The third kappa shape index (κ3) is 4.44. The van der Waals surface area contributed by atoms with Crippen LogP contribution in [0.1, 0.15) is 5.56 Å². The summed E-state index contributed by atoms with van der Waals surface area (Å²) < 4.78 is 2.32. The van der Waals surface area contributed by atoms with Crippen molar-refractivity contribution in [1.29, 1.82) is 0 Å². The van der Waals surface area contributed by atoms with Gasteiger partial charge in [-0.15, -0.1) is 11.3 Å². The number of thiazole rings is 2. The lowest BCUT2D eigenvalue weighted by atomic mass is 10.2. The van der Waals surface area contributed by atoms with E-state index in [4.69, 9.17) is 21.6 Å². The Morgan fingerprint density at radius 3 is 2.50 bits per heavy atom. The van der Waals surface area contributed by atoms with Crippen molar-refractivity contribution in [3.8, 4) is 10.6 Å². The van der Waals surface area contributed by atoms with Crippen LogP contribution in [0.25, 0.3) is 31.0 Å². The predicted molar refractivity (Wildman–Crippen MR) is 147 cm³/mol. The summed E-state index contributed by atoms with van der Waals surface area (Å²) in [7, 11) is 2.18. The Labute approximate surface area is 211 Å². The zero-order valence-electron chi connectivity index (χ0n) is 18.6. The van der Waals surface area contributed by atoms with Crippen LogP contribution in [0.2, 0.25) is 5.02 Å². The molecular weight excluding hydrogens is 482 g/mol. The van der Waals surface area contributed by atoms with Gasteiger partial charge in [0.1, 0.15) is 5.01 Å². The molecule has 3 heterocycles. The third-order valence-electron chi connectivity index (χ3n) is 6.06. The highest BCUT2D eigenvalue weighted by molar-refractivity contribution is 7.22. The Balaban J connectivity index is 1.22. The lowest BCUT2D eigenvalue weighted by Crippen LogP contribution is -2.44. The van der Waals surface area contributed by atoms with Crippen LogP contribution in [0.15, 0.2) is 65.7 Å². The van der Waals surface area contributed by atoms with E-state index in [1.165, 1.54) is 10.4 Å². The molecule has 1 aliphatic heterocycles. The quantitative estimate of drug-likeness (QED) is 0.255. The van der Waals surface area contributed by atoms with E-state index in [9.17, 15) is 0 Å². The molecule has 0 spiro atoms. The molecule has 0 atom stereocenters. The van der Waals surface area contributed by atoms with Gasteiger partial charge in [-0.3, -0.25) is 0 Å². The van der Waals surface area contributed by atoms with E-state index in [1.807, 2.05) is 30.5 Å². The summed E-state index contributed by atoms with van der Waals surface area (Å²) in [5.41, 5.74) is 5.33. The molecule has 34 heavy (non-hydrogen) atoms. The number of aliphatic imine (C=N–C) groups is 1. The summed E-state index contributed by atoms with van der Waals surface area (Å²) in [4.78, 5) is 19.0. The number of anilines is 1. The average molecular weight is 504 g/mol. The number of aromatic nitrogens is 2. The van der Waals surface area contributed by atoms with Gasteiger partial charge in [-0.25, -0.2) is 15.0 Å². The Morgan fingerprint density at radius 2 is 1.68 bits per heavy atom. The third-order valence-corrected chi connectivity index (χ3v) is 8.32. The topological polar surface area (TPSA) is 44.6 Å². The highest BCUT2D eigenvalue weighted by Crippen LogP contribution is 2.33. The first-order valence-electron chi connectivity index (χ1n) is 11.2. The number of rotatable bonds is 4. The van der Waals surface area contributed by atoms with Gasteiger partial charge in [0.15, 0.2) is 0 Å². The number of likely N-dealkylation sites (N-methyl/N-ethyl adjacent to an activating group) is 1. The second-order valence-corrected chi connectivity index (χ2v) is 10.9. The number of nitrogens with zero attached hydrogens (tertiary/aromatic N) is 5. The molecule has 0 saturated carbocycles. The average Bonchev–Trinajstić information content (AvgIpc) is 3.46. The van der Waals surface area contributed by atoms with Crippen molar-refractivity contribution < 1.29 is 0 Å². The molecule has 0 aliphatic carbocycles. The van der Waals surface area contributed by atoms with Gasteiger partial charge in [-0.05, 0) is 55.1 Å². The standard InChI is InChI=1S/C26H22ClN5S2/c1-31-10-12-32(13-11-31)20-7-8-21-24(15-20)34-26(30-21)28-16-17-2-9-23-22(14-17)29-25(33-23)18-3-5-19(27)6-4-18/h2-9,14-16H,10-13H2,1H3/b28-16+. The van der Waals surface area contributed by atoms with Crippen LogP contribution in [-0.2, 0) is 0 Å². The van der Waals surface area contributed by atoms with Crippen molar-refractivity contribution in [2.45, 2.75) is 0 Å². The smallest absolute Gasteiger partial charge is 0.210 e. The predicted octanol–water partition coefficient (Wildman–Crippen LogP) is 6.73. The molecule has 6 rings (SSSR count). The number of piperazine rings is 1. The minimum Gasteiger partial charge on any atom is -0.369 e. The molecule has 0 unspecified atom stereocenters. The maximum absolute atomic E-state index is 6.02. The second-order valence-electron chi connectivity index (χ2n) is 8.45. The van der Waals surface area contributed by atoms with E-state index in [2.05, 4.69) is 58.2 Å². The Kier molecular flexibility index (Phi) is 5.79. The van der Waals surface area contributed by atoms with Gasteiger partial charge in [0, 0.05) is 48.7 Å². The van der Waals surface area contributed by atoms with E-state index >= 15 is 0 Å². The van der Waals surface area contributed by atoms with Crippen molar-refractivity contribution >= 4 is 71.7 Å². The van der Waals surface area contributed by atoms with Crippen LogP contribution >= 0.6 is 34.3 Å². The van der Waals surface area contributed by atoms with Crippen LogP contribution in [0.4, 0.5) is 10.8 Å². The SMILES string of the molecule is CN1CCN(c2ccc3nc(/N=C/c4ccc5sc(-c6ccc(Cl)cc6)nc5c4)sc3c2)CC1. The fourth-order valence-corrected chi connectivity index (χ4v) is 6.01. The second kappa shape index (κ2) is 9.07. The summed E-state index contributed by atoms with van der Waals surface area (Å²) in [6.45, 7) is 4.32. The van der Waals surface area contributed by atoms with Crippen LogP contribution in [0, 0.1) is 0 Å². The highest BCUT2D eigenvalue weighted by Gasteiger charge is 2.15. The fraction of sp³-hybridized carbons (Fsp3) is 0.192. The molecule has 3 aromatic carbocycles. The van der Waals surface area contributed by atoms with E-state index in [0.29, 0.717) is 0 Å². The van der Waals surface area contributed by atoms with Crippen LogP contribution in [-0.4, -0.2) is 54.3 Å². The number of fused-ring (bicyclic) bond motifs is 2. The van der Waals surface area contributed by atoms with Crippen molar-refractivity contribution in [3.63, 3.8) is 0 Å². The van der Waals surface area contributed by atoms with Gasteiger partial charge < -0.3 is 9.80 Å². The molecule has 2 aromatic heterocycles. The summed E-state index contributed by atoms with van der Waals surface area (Å²) in [5.74, 6) is 0. The number of halogens is 1. The number of benzene rings is 3. The molecule has 1 aliphatic rings. The molecule has 1 saturated heterocycles. The molecular formula is C26H22ClN5S2. The molecule has 8 heteroatoms. The van der Waals surface area contributed by atoms with Gasteiger partial charge in [-0.1, -0.05) is 41.1 Å². The van der Waals surface area contributed by atoms with Crippen LogP contribution in [0.5, 0.6) is 0 Å².